The third-order valence-electron chi connectivity index (χ3n) is 10.1. The van der Waals surface area contributed by atoms with E-state index >= 15 is 4.11 Å². The predicted octanol–water partition coefficient (Wildman–Crippen LogP) is 7.82. The van der Waals surface area contributed by atoms with E-state index in [9.17, 15) is 9.90 Å². The van der Waals surface area contributed by atoms with Crippen molar-refractivity contribution in [1.29, 1.82) is 0 Å². The molecule has 0 saturated carbocycles. The van der Waals surface area contributed by atoms with Crippen molar-refractivity contribution < 1.29 is 18.7 Å². The lowest BCUT2D eigenvalue weighted by molar-refractivity contribution is 0.0247. The second kappa shape index (κ2) is 12.8. The first-order chi connectivity index (χ1) is 22.7. The zero-order valence-electron chi connectivity index (χ0n) is 27.1. The SMILES string of the molecule is C[C@@H]1[C@@H]([Si](C)(C)F)[C@H](CCn2cc(C(CO)c3ccccc3)nn2)O[C@@H]1CCc1cccc(N2C(=O)c3cccc4cccc2c34)c1. The molecule has 2 aliphatic heterocycles. The Hall–Kier alpha value is -4.18. The Labute approximate surface area is 276 Å². The van der Waals surface area contributed by atoms with Crippen LogP contribution in [0.25, 0.3) is 10.8 Å². The number of aliphatic hydroxyl groups excluding tert-OH is 1. The van der Waals surface area contributed by atoms with Crippen LogP contribution in [0, 0.1) is 5.92 Å². The Balaban J connectivity index is 1.03. The van der Waals surface area contributed by atoms with E-state index in [0.29, 0.717) is 18.7 Å². The molecule has 0 spiro atoms. The molecule has 5 aromatic rings. The molecule has 1 fully saturated rings. The van der Waals surface area contributed by atoms with Crippen LogP contribution in [-0.2, 0) is 17.7 Å². The number of ether oxygens (including phenoxy) is 1. The molecule has 1 unspecified atom stereocenters. The molecular weight excluding hydrogens is 608 g/mol. The highest BCUT2D eigenvalue weighted by atomic mass is 28.4. The number of hydrogen-bond acceptors (Lipinski definition) is 5. The van der Waals surface area contributed by atoms with Gasteiger partial charge in [0.05, 0.1) is 41.7 Å². The van der Waals surface area contributed by atoms with Gasteiger partial charge in [0.25, 0.3) is 5.91 Å². The molecule has 47 heavy (non-hydrogen) atoms. The number of anilines is 2. The Morgan fingerprint density at radius 1 is 0.957 bits per heavy atom. The Bertz CT molecular complexity index is 1890. The van der Waals surface area contributed by atoms with Crippen molar-refractivity contribution in [3.05, 3.63) is 120 Å². The van der Waals surface area contributed by atoms with Crippen LogP contribution < -0.4 is 4.90 Å². The van der Waals surface area contributed by atoms with Crippen molar-refractivity contribution in [1.82, 2.24) is 15.0 Å². The van der Waals surface area contributed by atoms with E-state index in [1.54, 1.807) is 17.8 Å². The first kappa shape index (κ1) is 31.4. The molecule has 3 heterocycles. The number of aliphatic hydroxyl groups is 1. The third-order valence-corrected chi connectivity index (χ3v) is 12.6. The molecule has 5 atom stereocenters. The smallest absolute Gasteiger partial charge is 0.263 e. The van der Waals surface area contributed by atoms with Crippen LogP contribution in [0.4, 0.5) is 15.5 Å². The summed E-state index contributed by atoms with van der Waals surface area (Å²) in [6.45, 7) is 6.23. The molecule has 0 radical (unpaired) electrons. The maximum atomic E-state index is 15.8. The highest BCUT2D eigenvalue weighted by molar-refractivity contribution is 6.72. The summed E-state index contributed by atoms with van der Waals surface area (Å²) in [5, 5.41) is 20.8. The summed E-state index contributed by atoms with van der Waals surface area (Å²) in [4.78, 5) is 15.3. The van der Waals surface area contributed by atoms with Crippen LogP contribution in [0.1, 0.15) is 52.9 Å². The van der Waals surface area contributed by atoms with E-state index in [1.807, 2.05) is 90.0 Å². The van der Waals surface area contributed by atoms with Crippen LogP contribution in [0.2, 0.25) is 18.6 Å². The van der Waals surface area contributed by atoms with Crippen LogP contribution in [-0.4, -0.2) is 53.2 Å². The number of aromatic nitrogens is 3. The lowest BCUT2D eigenvalue weighted by Gasteiger charge is -2.28. The molecule has 0 aliphatic carbocycles. The van der Waals surface area contributed by atoms with Crippen molar-refractivity contribution >= 4 is 36.5 Å². The van der Waals surface area contributed by atoms with Gasteiger partial charge in [0, 0.05) is 29.4 Å². The number of nitrogens with zero attached hydrogens (tertiary/aromatic N) is 4. The van der Waals surface area contributed by atoms with E-state index in [4.69, 9.17) is 4.74 Å². The van der Waals surface area contributed by atoms with Gasteiger partial charge < -0.3 is 14.0 Å². The number of halogens is 1. The number of hydrogen-bond donors (Lipinski definition) is 1. The zero-order valence-corrected chi connectivity index (χ0v) is 28.1. The number of rotatable bonds is 11. The molecule has 1 aromatic heterocycles. The summed E-state index contributed by atoms with van der Waals surface area (Å²) in [6, 6.07) is 29.9. The molecular formula is C38H41FN4O3Si. The van der Waals surface area contributed by atoms with Gasteiger partial charge >= 0.3 is 0 Å². The number of amides is 1. The van der Waals surface area contributed by atoms with Gasteiger partial charge in [-0.3, -0.25) is 14.4 Å². The average Bonchev–Trinajstić information content (AvgIpc) is 3.75. The minimum absolute atomic E-state index is 0.00559. The predicted molar refractivity (Wildman–Crippen MR) is 185 cm³/mol. The van der Waals surface area contributed by atoms with Crippen molar-refractivity contribution in [2.24, 2.45) is 5.92 Å². The largest absolute Gasteiger partial charge is 0.395 e. The summed E-state index contributed by atoms with van der Waals surface area (Å²) in [5.41, 5.74) is 5.21. The monoisotopic (exact) mass is 648 g/mol. The lowest BCUT2D eigenvalue weighted by atomic mass is 9.95. The number of aryl methyl sites for hydroxylation is 2. The van der Waals surface area contributed by atoms with E-state index in [1.165, 1.54) is 0 Å². The third kappa shape index (κ3) is 6.03. The van der Waals surface area contributed by atoms with Crippen LogP contribution in [0.5, 0.6) is 0 Å². The molecule has 0 bridgehead atoms. The number of benzene rings is 4. The highest BCUT2D eigenvalue weighted by Gasteiger charge is 2.50. The summed E-state index contributed by atoms with van der Waals surface area (Å²) in [7, 11) is -3.04. The average molecular weight is 649 g/mol. The number of carbonyl (C=O) groups excluding carboxylic acids is 1. The van der Waals surface area contributed by atoms with Crippen LogP contribution >= 0.6 is 0 Å². The van der Waals surface area contributed by atoms with Crippen molar-refractivity contribution in [3.8, 4) is 0 Å². The fourth-order valence-corrected chi connectivity index (χ4v) is 10.5. The minimum Gasteiger partial charge on any atom is -0.395 e. The molecule has 1 amide bonds. The van der Waals surface area contributed by atoms with E-state index in [2.05, 4.69) is 29.4 Å². The van der Waals surface area contributed by atoms with Crippen LogP contribution in [0.3, 0.4) is 0 Å². The van der Waals surface area contributed by atoms with E-state index in [-0.39, 0.29) is 42.1 Å². The summed E-state index contributed by atoms with van der Waals surface area (Å²) >= 11 is 0. The Morgan fingerprint density at radius 2 is 1.72 bits per heavy atom. The lowest BCUT2D eigenvalue weighted by Crippen LogP contribution is -2.36. The number of carbonyl (C=O) groups is 1. The van der Waals surface area contributed by atoms with Gasteiger partial charge in [-0.05, 0) is 79.1 Å². The normalized spacial score (nSPS) is 21.6. The quantitative estimate of drug-likeness (QED) is 0.117. The second-order valence-corrected chi connectivity index (χ2v) is 17.3. The van der Waals surface area contributed by atoms with E-state index < -0.39 is 8.41 Å². The fourth-order valence-electron chi connectivity index (χ4n) is 7.88. The van der Waals surface area contributed by atoms with Gasteiger partial charge in [-0.2, -0.15) is 0 Å². The highest BCUT2D eigenvalue weighted by Crippen LogP contribution is 2.47. The summed E-state index contributed by atoms with van der Waals surface area (Å²) < 4.78 is 24.3. The first-order valence-corrected chi connectivity index (χ1v) is 19.5. The fraction of sp³-hybridized carbons (Fsp3) is 0.342. The van der Waals surface area contributed by atoms with E-state index in [0.717, 1.165) is 51.7 Å². The zero-order chi connectivity index (χ0) is 32.7. The molecule has 9 heteroatoms. The Morgan fingerprint density at radius 3 is 2.49 bits per heavy atom. The maximum absolute atomic E-state index is 15.8. The van der Waals surface area contributed by atoms with Crippen molar-refractivity contribution in [2.75, 3.05) is 11.5 Å². The molecule has 7 rings (SSSR count). The molecule has 2 aliphatic rings. The topological polar surface area (TPSA) is 80.5 Å². The molecule has 1 N–H and O–H groups in total. The maximum Gasteiger partial charge on any atom is 0.263 e. The summed E-state index contributed by atoms with van der Waals surface area (Å²) in [5.74, 6) is -0.160. The molecule has 1 saturated heterocycles. The van der Waals surface area contributed by atoms with Crippen LogP contribution in [0.15, 0.2) is 97.2 Å². The minimum atomic E-state index is -3.04. The molecule has 7 nitrogen and oxygen atoms in total. The summed E-state index contributed by atoms with van der Waals surface area (Å²) in [6.07, 6.45) is 3.80. The van der Waals surface area contributed by atoms with Crippen molar-refractivity contribution in [3.63, 3.8) is 0 Å². The first-order valence-electron chi connectivity index (χ1n) is 16.6. The second-order valence-electron chi connectivity index (χ2n) is 13.5. The Kier molecular flexibility index (Phi) is 8.55. The molecule has 242 valence electrons. The standard InChI is InChI=1S/C38H41FN4O3Si/c1-25-34(19-18-26-10-7-15-29(22-26)43-33-17-9-14-28-13-8-16-30(36(28)33)38(43)45)46-35(37(25)47(2,3)39)20-21-42-23-32(40-41-42)31(24-44)27-11-5-4-6-12-27/h4-17,22-23,25,31,34-35,37,44H,18-21,24H2,1-3H3/t25-,31?,34+,35-,37+/m0/s1. The van der Waals surface area contributed by atoms with Gasteiger partial charge in [0.15, 0.2) is 0 Å². The molecule has 4 aromatic carbocycles. The van der Waals surface area contributed by atoms with Crippen molar-refractivity contribution in [2.45, 2.75) is 69.5 Å². The van der Waals surface area contributed by atoms with Gasteiger partial charge in [-0.25, -0.2) is 0 Å². The van der Waals surface area contributed by atoms with Gasteiger partial charge in [-0.15, -0.1) is 5.10 Å². The van der Waals surface area contributed by atoms with Gasteiger partial charge in [0.1, 0.15) is 0 Å². The van der Waals surface area contributed by atoms with Gasteiger partial charge in [-0.1, -0.05) is 78.9 Å². The van der Waals surface area contributed by atoms with Gasteiger partial charge in [0.2, 0.25) is 8.41 Å².